The van der Waals surface area contributed by atoms with Crippen molar-refractivity contribution in [3.63, 3.8) is 0 Å². The fourth-order valence-electron chi connectivity index (χ4n) is 1.05. The summed E-state index contributed by atoms with van der Waals surface area (Å²) in [6.45, 7) is 0.305. The number of hydrogen-bond donors (Lipinski definition) is 2. The molecular weight excluding hydrogens is 196 g/mol. The fourth-order valence-corrected chi connectivity index (χ4v) is 1.05. The van der Waals surface area contributed by atoms with Crippen LogP contribution in [0, 0.1) is 0 Å². The van der Waals surface area contributed by atoms with Gasteiger partial charge in [0.2, 0.25) is 0 Å². The molecule has 1 unspecified atom stereocenters. The highest BCUT2D eigenvalue weighted by Crippen LogP contribution is 2.04. The smallest absolute Gasteiger partial charge is 0.308 e. The topological polar surface area (TPSA) is 71.5 Å². The standard InChI is InChI=1S/C10H14N2O3/c1-15-10(14)6-9(13)7-12-8-2-4-11-5-3-8/h2-5,9,13H,6-7H2,1H3,(H,11,12). The van der Waals surface area contributed by atoms with Gasteiger partial charge in [-0.25, -0.2) is 0 Å². The van der Waals surface area contributed by atoms with Gasteiger partial charge in [0.25, 0.3) is 0 Å². The van der Waals surface area contributed by atoms with Crippen LogP contribution in [-0.2, 0) is 9.53 Å². The molecule has 0 spiro atoms. The number of ether oxygens (including phenoxy) is 1. The van der Waals surface area contributed by atoms with Crippen LogP contribution in [0.3, 0.4) is 0 Å². The summed E-state index contributed by atoms with van der Waals surface area (Å²) in [5, 5.41) is 12.4. The van der Waals surface area contributed by atoms with Gasteiger partial charge in [0.05, 0.1) is 19.6 Å². The number of carbonyl (C=O) groups is 1. The molecule has 5 nitrogen and oxygen atoms in total. The summed E-state index contributed by atoms with van der Waals surface area (Å²) in [5.41, 5.74) is 0.855. The monoisotopic (exact) mass is 210 g/mol. The first-order valence-corrected chi connectivity index (χ1v) is 4.61. The normalized spacial score (nSPS) is 11.9. The Hall–Kier alpha value is -1.62. The molecule has 0 aromatic carbocycles. The van der Waals surface area contributed by atoms with Crippen LogP contribution in [0.1, 0.15) is 6.42 Å². The van der Waals surface area contributed by atoms with E-state index in [-0.39, 0.29) is 6.42 Å². The Kier molecular flexibility index (Phi) is 4.56. The van der Waals surface area contributed by atoms with E-state index in [2.05, 4.69) is 15.0 Å². The van der Waals surface area contributed by atoms with Crippen molar-refractivity contribution < 1.29 is 14.6 Å². The number of carbonyl (C=O) groups excluding carboxylic acids is 1. The Morgan fingerprint density at radius 1 is 1.60 bits per heavy atom. The molecule has 0 saturated heterocycles. The van der Waals surface area contributed by atoms with Gasteiger partial charge in [0.1, 0.15) is 0 Å². The maximum absolute atomic E-state index is 10.8. The highest BCUT2D eigenvalue weighted by molar-refractivity contribution is 5.69. The van der Waals surface area contributed by atoms with Crippen molar-refractivity contribution >= 4 is 11.7 Å². The molecule has 0 bridgehead atoms. The van der Waals surface area contributed by atoms with Crippen LogP contribution in [0.15, 0.2) is 24.5 Å². The Bertz CT molecular complexity index is 303. The van der Waals surface area contributed by atoms with Crippen LogP contribution in [0.5, 0.6) is 0 Å². The van der Waals surface area contributed by atoms with Gasteiger partial charge in [0.15, 0.2) is 0 Å². The second kappa shape index (κ2) is 5.98. The zero-order valence-corrected chi connectivity index (χ0v) is 8.51. The summed E-state index contributed by atoms with van der Waals surface area (Å²) in [6, 6.07) is 3.57. The number of aliphatic hydroxyl groups excluding tert-OH is 1. The minimum absolute atomic E-state index is 0.00537. The predicted octanol–water partition coefficient (Wildman–Crippen LogP) is 0.417. The van der Waals surface area contributed by atoms with Gasteiger partial charge in [-0.2, -0.15) is 0 Å². The molecule has 5 heteroatoms. The van der Waals surface area contributed by atoms with E-state index < -0.39 is 12.1 Å². The Balaban J connectivity index is 2.28. The quantitative estimate of drug-likeness (QED) is 0.689. The van der Waals surface area contributed by atoms with Gasteiger partial charge in [-0.3, -0.25) is 9.78 Å². The number of pyridine rings is 1. The third-order valence-corrected chi connectivity index (χ3v) is 1.85. The minimum atomic E-state index is -0.745. The first-order chi connectivity index (χ1) is 7.22. The number of hydrogen-bond acceptors (Lipinski definition) is 5. The van der Waals surface area contributed by atoms with Crippen molar-refractivity contribution in [2.24, 2.45) is 0 Å². The van der Waals surface area contributed by atoms with Crippen molar-refractivity contribution in [1.82, 2.24) is 4.98 Å². The highest BCUT2D eigenvalue weighted by Gasteiger charge is 2.10. The van der Waals surface area contributed by atoms with Crippen LogP contribution >= 0.6 is 0 Å². The van der Waals surface area contributed by atoms with Crippen LogP contribution < -0.4 is 5.32 Å². The summed E-state index contributed by atoms with van der Waals surface area (Å²) in [5.74, 6) is -0.418. The molecule has 0 saturated carbocycles. The number of nitrogens with zero attached hydrogens (tertiary/aromatic N) is 1. The predicted molar refractivity (Wildman–Crippen MR) is 55.4 cm³/mol. The van der Waals surface area contributed by atoms with Crippen molar-refractivity contribution in [2.75, 3.05) is 19.0 Å². The molecule has 1 aromatic rings. The number of esters is 1. The maximum atomic E-state index is 10.8. The van der Waals surface area contributed by atoms with E-state index in [4.69, 9.17) is 0 Å². The van der Waals surface area contributed by atoms with Gasteiger partial charge < -0.3 is 15.2 Å². The Morgan fingerprint density at radius 3 is 2.87 bits per heavy atom. The third-order valence-electron chi connectivity index (χ3n) is 1.85. The molecular formula is C10H14N2O3. The van der Waals surface area contributed by atoms with Crippen LogP contribution in [-0.4, -0.2) is 35.8 Å². The highest BCUT2D eigenvalue weighted by atomic mass is 16.5. The number of methoxy groups -OCH3 is 1. The van der Waals surface area contributed by atoms with Gasteiger partial charge >= 0.3 is 5.97 Å². The molecule has 15 heavy (non-hydrogen) atoms. The molecule has 1 heterocycles. The molecule has 0 aliphatic rings. The zero-order valence-electron chi connectivity index (χ0n) is 8.51. The van der Waals surface area contributed by atoms with E-state index in [1.807, 2.05) is 0 Å². The first kappa shape index (κ1) is 11.5. The van der Waals surface area contributed by atoms with Crippen molar-refractivity contribution in [3.05, 3.63) is 24.5 Å². The van der Waals surface area contributed by atoms with Gasteiger partial charge in [-0.1, -0.05) is 0 Å². The van der Waals surface area contributed by atoms with Gasteiger partial charge in [0, 0.05) is 24.6 Å². The largest absolute Gasteiger partial charge is 0.469 e. The van der Waals surface area contributed by atoms with Crippen molar-refractivity contribution in [1.29, 1.82) is 0 Å². The van der Waals surface area contributed by atoms with E-state index in [1.54, 1.807) is 24.5 Å². The molecule has 0 fully saturated rings. The van der Waals surface area contributed by atoms with Crippen molar-refractivity contribution in [2.45, 2.75) is 12.5 Å². The summed E-state index contributed by atoms with van der Waals surface area (Å²) < 4.78 is 4.44. The lowest BCUT2D eigenvalue weighted by atomic mass is 10.2. The zero-order chi connectivity index (χ0) is 11.1. The molecule has 0 aliphatic heterocycles. The molecule has 0 radical (unpaired) electrons. The lowest BCUT2D eigenvalue weighted by molar-refractivity contribution is -0.142. The summed E-state index contributed by atoms with van der Waals surface area (Å²) in [7, 11) is 1.30. The number of rotatable bonds is 5. The fraction of sp³-hybridized carbons (Fsp3) is 0.400. The van der Waals surface area contributed by atoms with Gasteiger partial charge in [-0.05, 0) is 12.1 Å². The SMILES string of the molecule is COC(=O)CC(O)CNc1ccncc1. The number of nitrogens with one attached hydrogen (secondary N) is 1. The molecule has 1 rings (SSSR count). The average Bonchev–Trinajstić information content (AvgIpc) is 2.27. The molecule has 0 amide bonds. The molecule has 0 aliphatic carbocycles. The Morgan fingerprint density at radius 2 is 2.27 bits per heavy atom. The van der Waals surface area contributed by atoms with Crippen LogP contribution in [0.4, 0.5) is 5.69 Å². The number of aromatic nitrogens is 1. The van der Waals surface area contributed by atoms with E-state index >= 15 is 0 Å². The number of anilines is 1. The van der Waals surface area contributed by atoms with Crippen LogP contribution in [0.2, 0.25) is 0 Å². The first-order valence-electron chi connectivity index (χ1n) is 4.61. The van der Waals surface area contributed by atoms with E-state index in [9.17, 15) is 9.90 Å². The number of aliphatic hydroxyl groups is 1. The van der Waals surface area contributed by atoms with Crippen LogP contribution in [0.25, 0.3) is 0 Å². The molecule has 82 valence electrons. The van der Waals surface area contributed by atoms with E-state index in [0.29, 0.717) is 6.54 Å². The summed E-state index contributed by atoms with van der Waals surface area (Å²) in [4.78, 5) is 14.7. The van der Waals surface area contributed by atoms with E-state index in [0.717, 1.165) is 5.69 Å². The van der Waals surface area contributed by atoms with Gasteiger partial charge in [-0.15, -0.1) is 0 Å². The minimum Gasteiger partial charge on any atom is -0.469 e. The average molecular weight is 210 g/mol. The summed E-state index contributed by atoms with van der Waals surface area (Å²) >= 11 is 0. The third kappa shape index (κ3) is 4.42. The van der Waals surface area contributed by atoms with Crippen molar-refractivity contribution in [3.8, 4) is 0 Å². The van der Waals surface area contributed by atoms with E-state index in [1.165, 1.54) is 7.11 Å². The second-order valence-corrected chi connectivity index (χ2v) is 3.05. The lowest BCUT2D eigenvalue weighted by Gasteiger charge is -2.11. The molecule has 1 aromatic heterocycles. The Labute approximate surface area is 88.1 Å². The molecule has 2 N–H and O–H groups in total. The maximum Gasteiger partial charge on any atom is 0.308 e. The second-order valence-electron chi connectivity index (χ2n) is 3.05. The molecule has 1 atom stereocenters. The lowest BCUT2D eigenvalue weighted by Crippen LogP contribution is -2.23. The summed E-state index contributed by atoms with van der Waals surface area (Å²) in [6.07, 6.45) is 2.55.